The Morgan fingerprint density at radius 1 is 0.591 bits per heavy atom. The number of aliphatic hydroxyl groups is 2. The Morgan fingerprint density at radius 3 is 1.18 bits per heavy atom. The molecule has 1 unspecified atom stereocenters. The first-order chi connectivity index (χ1) is 20.3. The number of nitrogens with one attached hydrogen (secondary N) is 3. The summed E-state index contributed by atoms with van der Waals surface area (Å²) in [6.45, 7) is 13.2. The van der Waals surface area contributed by atoms with E-state index < -0.39 is 24.5 Å². The molecule has 1 atom stereocenters. The van der Waals surface area contributed by atoms with Crippen molar-refractivity contribution in [2.24, 2.45) is 5.41 Å². The summed E-state index contributed by atoms with van der Waals surface area (Å²) in [5.74, 6) is -0.747. The van der Waals surface area contributed by atoms with E-state index in [2.05, 4.69) is 63.7 Å². The predicted molar refractivity (Wildman–Crippen MR) is 178 cm³/mol. The van der Waals surface area contributed by atoms with Gasteiger partial charge < -0.3 is 49.8 Å². The van der Waals surface area contributed by atoms with Crippen LogP contribution in [0.4, 0.5) is 0 Å². The molecule has 16 heteroatoms. The Hall–Kier alpha value is -0.430. The van der Waals surface area contributed by atoms with Crippen molar-refractivity contribution in [3.63, 3.8) is 0 Å². The first-order valence-electron chi connectivity index (χ1n) is 14.4. The van der Waals surface area contributed by atoms with Gasteiger partial charge in [0, 0.05) is 25.0 Å². The van der Waals surface area contributed by atoms with Gasteiger partial charge in [0.2, 0.25) is 17.7 Å². The summed E-state index contributed by atoms with van der Waals surface area (Å²) < 4.78 is 25.1. The van der Waals surface area contributed by atoms with Crippen LogP contribution in [0.2, 0.25) is 0 Å². The second-order valence-corrected chi connectivity index (χ2v) is 17.7. The molecule has 0 aliphatic carbocycles. The highest BCUT2D eigenvalue weighted by molar-refractivity contribution is 9.10. The van der Waals surface area contributed by atoms with Gasteiger partial charge in [-0.05, 0) is 41.5 Å². The molecule has 0 spiro atoms. The van der Waals surface area contributed by atoms with Gasteiger partial charge in [-0.25, -0.2) is 0 Å². The van der Waals surface area contributed by atoms with Crippen LogP contribution in [0, 0.1) is 5.41 Å². The zero-order valence-corrected chi connectivity index (χ0v) is 31.5. The molecule has 13 nitrogen and oxygen atoms in total. The number of halogens is 3. The average Bonchev–Trinajstić information content (AvgIpc) is 2.93. The highest BCUT2D eigenvalue weighted by Crippen LogP contribution is 2.22. The predicted octanol–water partition coefficient (Wildman–Crippen LogP) is 1.28. The molecule has 0 radical (unpaired) electrons. The number of rotatable bonds is 26. The lowest BCUT2D eigenvalue weighted by Crippen LogP contribution is -2.57. The summed E-state index contributed by atoms with van der Waals surface area (Å²) in [4.78, 5) is 38.1. The van der Waals surface area contributed by atoms with Crippen LogP contribution >= 0.6 is 47.8 Å². The van der Waals surface area contributed by atoms with Crippen molar-refractivity contribution in [2.75, 3.05) is 92.3 Å². The van der Waals surface area contributed by atoms with Crippen LogP contribution in [0.1, 0.15) is 41.5 Å². The number of carbonyl (C=O) groups is 3. The van der Waals surface area contributed by atoms with Gasteiger partial charge in [0.05, 0.1) is 85.6 Å². The van der Waals surface area contributed by atoms with E-state index in [0.29, 0.717) is 39.6 Å². The van der Waals surface area contributed by atoms with Crippen molar-refractivity contribution in [3.05, 3.63) is 0 Å². The van der Waals surface area contributed by atoms with Crippen molar-refractivity contribution >= 4 is 65.5 Å². The molecule has 0 heterocycles. The molecule has 0 saturated carbocycles. The Balaban J connectivity index is 4.86. The third-order valence-corrected chi connectivity index (χ3v) is 6.99. The number of amides is 3. The van der Waals surface area contributed by atoms with E-state index in [0.717, 1.165) is 0 Å². The number of alkyl halides is 3. The zero-order valence-electron chi connectivity index (χ0n) is 26.8. The fourth-order valence-corrected chi connectivity index (χ4v) is 3.53. The minimum absolute atomic E-state index is 0.0581. The lowest BCUT2D eigenvalue weighted by Gasteiger charge is -2.36. The SMILES string of the molecule is CC(C)(Br)C(=O)NCC(CNC(=O)C(C)(C)Br)(CNC(=O)C(C)(C)Br)COCCOCCOCCOCCOCC(O)CO. The molecule has 0 fully saturated rings. The summed E-state index contributed by atoms with van der Waals surface area (Å²) in [6.07, 6.45) is -0.885. The number of ether oxygens (including phenoxy) is 5. The maximum Gasteiger partial charge on any atom is 0.236 e. The monoisotopic (exact) mass is 827 g/mol. The van der Waals surface area contributed by atoms with Crippen molar-refractivity contribution in [3.8, 4) is 0 Å². The summed E-state index contributed by atoms with van der Waals surface area (Å²) in [5.41, 5.74) is -0.873. The average molecular weight is 830 g/mol. The molecule has 0 aromatic heterocycles. The molecule has 44 heavy (non-hydrogen) atoms. The fourth-order valence-electron chi connectivity index (χ4n) is 3.11. The lowest BCUT2D eigenvalue weighted by atomic mass is 9.87. The Labute approximate surface area is 286 Å². The third kappa shape index (κ3) is 21.4. The number of hydrogen-bond acceptors (Lipinski definition) is 10. The van der Waals surface area contributed by atoms with E-state index in [1.165, 1.54) is 0 Å². The van der Waals surface area contributed by atoms with Gasteiger partial charge in [-0.1, -0.05) is 47.8 Å². The van der Waals surface area contributed by atoms with Gasteiger partial charge in [0.25, 0.3) is 0 Å². The number of aliphatic hydroxyl groups excluding tert-OH is 2. The molecule has 0 rings (SSSR count). The first-order valence-corrected chi connectivity index (χ1v) is 16.8. The van der Waals surface area contributed by atoms with Gasteiger partial charge >= 0.3 is 0 Å². The largest absolute Gasteiger partial charge is 0.394 e. The van der Waals surface area contributed by atoms with Crippen LogP contribution in [0.5, 0.6) is 0 Å². The van der Waals surface area contributed by atoms with E-state index >= 15 is 0 Å². The molecule has 0 aromatic carbocycles. The van der Waals surface area contributed by atoms with Crippen LogP contribution in [-0.2, 0) is 38.1 Å². The molecule has 0 aromatic rings. The van der Waals surface area contributed by atoms with E-state index in [-0.39, 0.29) is 70.4 Å². The van der Waals surface area contributed by atoms with Crippen LogP contribution in [0.25, 0.3) is 0 Å². The molecule has 260 valence electrons. The van der Waals surface area contributed by atoms with Gasteiger partial charge in [0.1, 0.15) is 6.10 Å². The maximum absolute atomic E-state index is 12.7. The van der Waals surface area contributed by atoms with Crippen LogP contribution < -0.4 is 16.0 Å². The molecule has 0 aliphatic rings. The molecule has 0 aliphatic heterocycles. The Morgan fingerprint density at radius 2 is 0.886 bits per heavy atom. The molecule has 5 N–H and O–H groups in total. The standard InChI is InChI=1S/C28H52Br3N3O10/c1-25(2,29)22(37)32-17-28(18-33-23(38)26(3,4)30,19-34-24(39)27(5,6)31)20-44-14-12-42-10-8-40-7-9-41-11-13-43-16-21(36)15-35/h21,35-36H,7-20H2,1-6H3,(H,32,37)(H,33,38)(H,34,39). The second-order valence-electron chi connectivity index (χ2n) is 11.8. The Kier molecular flexibility index (Phi) is 22.0. The van der Waals surface area contributed by atoms with Gasteiger partial charge in [-0.3, -0.25) is 14.4 Å². The topological polar surface area (TPSA) is 174 Å². The maximum atomic E-state index is 12.7. The van der Waals surface area contributed by atoms with E-state index in [9.17, 15) is 19.5 Å². The van der Waals surface area contributed by atoms with E-state index in [4.69, 9.17) is 28.8 Å². The van der Waals surface area contributed by atoms with Gasteiger partial charge in [-0.15, -0.1) is 0 Å². The van der Waals surface area contributed by atoms with E-state index in [1.54, 1.807) is 41.5 Å². The second kappa shape index (κ2) is 22.2. The summed E-state index contributed by atoms with van der Waals surface area (Å²) in [7, 11) is 0. The highest BCUT2D eigenvalue weighted by atomic mass is 79.9. The normalized spacial score (nSPS) is 13.4. The fraction of sp³-hybridized carbons (Fsp3) is 0.893. The summed E-state index contributed by atoms with van der Waals surface area (Å²) >= 11 is 10.1. The summed E-state index contributed by atoms with van der Waals surface area (Å²) in [6, 6.07) is 0. The molecule has 0 saturated heterocycles. The van der Waals surface area contributed by atoms with Crippen molar-refractivity contribution in [1.82, 2.24) is 16.0 Å². The first kappa shape index (κ1) is 43.6. The minimum Gasteiger partial charge on any atom is -0.394 e. The van der Waals surface area contributed by atoms with Crippen LogP contribution in [0.3, 0.4) is 0 Å². The lowest BCUT2D eigenvalue weighted by molar-refractivity contribution is -0.124. The smallest absolute Gasteiger partial charge is 0.236 e. The number of hydrogen-bond donors (Lipinski definition) is 5. The third-order valence-electron chi connectivity index (χ3n) is 5.91. The highest BCUT2D eigenvalue weighted by Gasteiger charge is 2.37. The van der Waals surface area contributed by atoms with E-state index in [1.807, 2.05) is 0 Å². The van der Waals surface area contributed by atoms with Gasteiger partial charge in [-0.2, -0.15) is 0 Å². The molecule has 3 amide bonds. The molecule has 0 bridgehead atoms. The Bertz CT molecular complexity index is 759. The summed E-state index contributed by atoms with van der Waals surface area (Å²) in [5, 5.41) is 26.6. The quantitative estimate of drug-likeness (QED) is 0.0632. The molecular weight excluding hydrogens is 778 g/mol. The van der Waals surface area contributed by atoms with Crippen molar-refractivity contribution in [1.29, 1.82) is 0 Å². The van der Waals surface area contributed by atoms with Crippen LogP contribution in [0.15, 0.2) is 0 Å². The van der Waals surface area contributed by atoms with Crippen LogP contribution in [-0.4, -0.2) is 139 Å². The number of carbonyl (C=O) groups excluding carboxylic acids is 3. The molecular formula is C28H52Br3N3O10. The van der Waals surface area contributed by atoms with Crippen molar-refractivity contribution < 1.29 is 48.3 Å². The zero-order chi connectivity index (χ0) is 33.9. The minimum atomic E-state index is -0.885. The van der Waals surface area contributed by atoms with Crippen molar-refractivity contribution in [2.45, 2.75) is 60.6 Å². The van der Waals surface area contributed by atoms with Gasteiger partial charge in [0.15, 0.2) is 0 Å².